The molecule has 0 aromatic heterocycles. The van der Waals surface area contributed by atoms with Gasteiger partial charge < -0.3 is 10.4 Å². The van der Waals surface area contributed by atoms with Crippen molar-refractivity contribution in [2.24, 2.45) is 5.92 Å². The fraction of sp³-hybridized carbons (Fsp3) is 0.222. The highest BCUT2D eigenvalue weighted by Gasteiger charge is 2.38. The number of aryl methyl sites for hydroxylation is 2. The number of fused-ring (bicyclic) bond motifs is 3. The molecule has 34 heavy (non-hydrogen) atoms. The number of nitrogens with one attached hydrogen (secondary N) is 2. The van der Waals surface area contributed by atoms with Crippen LogP contribution < -0.4 is 10.0 Å². The average molecular weight is 475 g/mol. The minimum atomic E-state index is -3.74. The van der Waals surface area contributed by atoms with E-state index < -0.39 is 16.0 Å². The van der Waals surface area contributed by atoms with Crippen LogP contribution in [0.1, 0.15) is 51.0 Å². The fourth-order valence-electron chi connectivity index (χ4n) is 4.92. The molecule has 0 saturated heterocycles. The molecule has 3 aromatic rings. The molecule has 6 nitrogen and oxygen atoms in total. The number of allylic oxidation sites excluding steroid dienone is 2. The molecule has 5 rings (SSSR count). The van der Waals surface area contributed by atoms with Gasteiger partial charge >= 0.3 is 5.97 Å². The minimum absolute atomic E-state index is 0.00598. The number of carboxylic acid groups (broad SMARTS) is 1. The van der Waals surface area contributed by atoms with Gasteiger partial charge in [-0.2, -0.15) is 0 Å². The van der Waals surface area contributed by atoms with E-state index in [0.717, 1.165) is 34.4 Å². The summed E-state index contributed by atoms with van der Waals surface area (Å²) < 4.78 is 29.0. The molecule has 2 aliphatic rings. The van der Waals surface area contributed by atoms with Gasteiger partial charge in [0.25, 0.3) is 10.0 Å². The largest absolute Gasteiger partial charge is 0.478 e. The molecule has 0 spiro atoms. The number of sulfonamides is 1. The van der Waals surface area contributed by atoms with E-state index >= 15 is 0 Å². The summed E-state index contributed by atoms with van der Waals surface area (Å²) >= 11 is 0. The summed E-state index contributed by atoms with van der Waals surface area (Å²) in [6.45, 7) is 3.94. The lowest BCUT2D eigenvalue weighted by atomic mass is 9.77. The normalized spacial score (nSPS) is 20.8. The molecule has 174 valence electrons. The Balaban J connectivity index is 1.46. The third kappa shape index (κ3) is 3.96. The number of anilines is 2. The second-order valence-corrected chi connectivity index (χ2v) is 10.7. The zero-order valence-electron chi connectivity index (χ0n) is 18.9. The number of rotatable bonds is 5. The summed E-state index contributed by atoms with van der Waals surface area (Å²) in [5.41, 5.74) is 5.80. The molecule has 3 atom stereocenters. The number of benzene rings is 3. The number of hydrogen-bond acceptors (Lipinski definition) is 4. The Kier molecular flexibility index (Phi) is 5.44. The molecular weight excluding hydrogens is 448 g/mol. The Morgan fingerprint density at radius 2 is 1.76 bits per heavy atom. The molecule has 0 radical (unpaired) electrons. The molecule has 0 saturated carbocycles. The third-order valence-corrected chi connectivity index (χ3v) is 8.30. The smallest absolute Gasteiger partial charge is 0.335 e. The summed E-state index contributed by atoms with van der Waals surface area (Å²) in [7, 11) is -3.74. The number of hydrogen-bond donors (Lipinski definition) is 3. The van der Waals surface area contributed by atoms with E-state index in [-0.39, 0.29) is 28.3 Å². The first-order valence-electron chi connectivity index (χ1n) is 11.2. The molecule has 1 aliphatic carbocycles. The molecule has 7 heteroatoms. The number of aromatic carboxylic acids is 1. The summed E-state index contributed by atoms with van der Waals surface area (Å²) in [5.74, 6) is -0.650. The van der Waals surface area contributed by atoms with Gasteiger partial charge in [0.15, 0.2) is 0 Å². The van der Waals surface area contributed by atoms with E-state index in [1.54, 1.807) is 30.3 Å². The Morgan fingerprint density at radius 3 is 2.47 bits per heavy atom. The molecule has 3 N–H and O–H groups in total. The first kappa shape index (κ1) is 22.2. The first-order valence-corrected chi connectivity index (χ1v) is 12.7. The van der Waals surface area contributed by atoms with Gasteiger partial charge in [-0.15, -0.1) is 0 Å². The van der Waals surface area contributed by atoms with Crippen molar-refractivity contribution in [1.82, 2.24) is 0 Å². The fourth-order valence-corrected chi connectivity index (χ4v) is 6.01. The summed E-state index contributed by atoms with van der Waals surface area (Å²) in [4.78, 5) is 11.4. The van der Waals surface area contributed by atoms with Gasteiger partial charge in [-0.1, -0.05) is 30.4 Å². The summed E-state index contributed by atoms with van der Waals surface area (Å²) in [6, 6.07) is 17.7. The van der Waals surface area contributed by atoms with Crippen molar-refractivity contribution in [3.63, 3.8) is 0 Å². The SMILES string of the molecule is Cc1ccc(NS(=O)(=O)c2ccc3c(c2)[C@H]2C=CC[C@H]2[C@@H](c2ccc(C(=O)O)cc2)N3)cc1C. The Morgan fingerprint density at radius 1 is 1.00 bits per heavy atom. The van der Waals surface area contributed by atoms with Crippen LogP contribution in [0.2, 0.25) is 0 Å². The number of carbonyl (C=O) groups is 1. The van der Waals surface area contributed by atoms with Gasteiger partial charge in [-0.25, -0.2) is 13.2 Å². The lowest BCUT2D eigenvalue weighted by molar-refractivity contribution is 0.0697. The van der Waals surface area contributed by atoms with E-state index in [4.69, 9.17) is 0 Å². The lowest BCUT2D eigenvalue weighted by Gasteiger charge is -2.37. The Hall–Kier alpha value is -3.58. The van der Waals surface area contributed by atoms with Crippen molar-refractivity contribution in [2.45, 2.75) is 37.1 Å². The van der Waals surface area contributed by atoms with E-state index in [9.17, 15) is 18.3 Å². The predicted molar refractivity (Wildman–Crippen MR) is 133 cm³/mol. The van der Waals surface area contributed by atoms with Crippen LogP contribution in [0.4, 0.5) is 11.4 Å². The quantitative estimate of drug-likeness (QED) is 0.417. The Bertz CT molecular complexity index is 1410. The van der Waals surface area contributed by atoms with Crippen LogP contribution in [0.25, 0.3) is 0 Å². The molecular formula is C27H26N2O4S. The van der Waals surface area contributed by atoms with Crippen LogP contribution >= 0.6 is 0 Å². The van der Waals surface area contributed by atoms with Crippen molar-refractivity contribution in [3.8, 4) is 0 Å². The van der Waals surface area contributed by atoms with E-state index in [1.807, 2.05) is 44.2 Å². The molecule has 1 aliphatic heterocycles. The van der Waals surface area contributed by atoms with Crippen LogP contribution in [0.15, 0.2) is 77.7 Å². The van der Waals surface area contributed by atoms with Gasteiger partial charge in [-0.05, 0) is 90.9 Å². The van der Waals surface area contributed by atoms with Crippen molar-refractivity contribution in [1.29, 1.82) is 0 Å². The third-order valence-electron chi connectivity index (χ3n) is 6.92. The molecule has 0 amide bonds. The summed E-state index contributed by atoms with van der Waals surface area (Å²) in [6.07, 6.45) is 5.15. The van der Waals surface area contributed by atoms with Crippen LogP contribution in [-0.2, 0) is 10.0 Å². The highest BCUT2D eigenvalue weighted by Crippen LogP contribution is 2.50. The van der Waals surface area contributed by atoms with Gasteiger partial charge in [-0.3, -0.25) is 4.72 Å². The van der Waals surface area contributed by atoms with Crippen molar-refractivity contribution in [2.75, 3.05) is 10.0 Å². The lowest BCUT2D eigenvalue weighted by Crippen LogP contribution is -2.29. The minimum Gasteiger partial charge on any atom is -0.478 e. The summed E-state index contributed by atoms with van der Waals surface area (Å²) in [5, 5.41) is 12.8. The van der Waals surface area contributed by atoms with Crippen LogP contribution in [0, 0.1) is 19.8 Å². The molecule has 0 bridgehead atoms. The maximum absolute atomic E-state index is 13.2. The highest BCUT2D eigenvalue weighted by atomic mass is 32.2. The van der Waals surface area contributed by atoms with Crippen molar-refractivity contribution >= 4 is 27.4 Å². The Labute approximate surface area is 199 Å². The van der Waals surface area contributed by atoms with E-state index in [2.05, 4.69) is 22.2 Å². The van der Waals surface area contributed by atoms with Crippen LogP contribution in [0.3, 0.4) is 0 Å². The maximum Gasteiger partial charge on any atom is 0.335 e. The van der Waals surface area contributed by atoms with Gasteiger partial charge in [0.1, 0.15) is 0 Å². The van der Waals surface area contributed by atoms with Gasteiger partial charge in [0, 0.05) is 17.3 Å². The second kappa shape index (κ2) is 8.33. The van der Waals surface area contributed by atoms with Crippen molar-refractivity contribution < 1.29 is 18.3 Å². The van der Waals surface area contributed by atoms with E-state index in [0.29, 0.717) is 5.69 Å². The van der Waals surface area contributed by atoms with Gasteiger partial charge in [0.2, 0.25) is 0 Å². The van der Waals surface area contributed by atoms with E-state index in [1.165, 1.54) is 0 Å². The second-order valence-electron chi connectivity index (χ2n) is 9.06. The average Bonchev–Trinajstić information content (AvgIpc) is 3.31. The maximum atomic E-state index is 13.2. The number of carboxylic acids is 1. The topological polar surface area (TPSA) is 95.5 Å². The molecule has 3 aromatic carbocycles. The van der Waals surface area contributed by atoms with Crippen molar-refractivity contribution in [3.05, 3.63) is 101 Å². The molecule has 0 fully saturated rings. The zero-order valence-corrected chi connectivity index (χ0v) is 19.8. The molecule has 1 heterocycles. The molecule has 0 unspecified atom stereocenters. The monoisotopic (exact) mass is 474 g/mol. The first-order chi connectivity index (χ1) is 16.2. The van der Waals surface area contributed by atoms with Crippen LogP contribution in [-0.4, -0.2) is 19.5 Å². The predicted octanol–water partition coefficient (Wildman–Crippen LogP) is 5.63. The zero-order chi connectivity index (χ0) is 24.0. The van der Waals surface area contributed by atoms with Gasteiger partial charge in [0.05, 0.1) is 16.5 Å². The standard InChI is InChI=1S/C27H26N2O4S/c1-16-6-11-20(14-17(16)2)29-34(32,33)21-12-13-25-24(15-21)22-4-3-5-23(22)26(28-25)18-7-9-19(10-8-18)27(30)31/h3-4,6-15,22-23,26,28-29H,5H2,1-2H3,(H,30,31)/t22-,23+,26+/m0/s1. The van der Waals surface area contributed by atoms with Crippen LogP contribution in [0.5, 0.6) is 0 Å². The highest BCUT2D eigenvalue weighted by molar-refractivity contribution is 7.92.